The summed E-state index contributed by atoms with van der Waals surface area (Å²) < 4.78 is 5.11. The van der Waals surface area contributed by atoms with Gasteiger partial charge in [0.15, 0.2) is 5.13 Å². The van der Waals surface area contributed by atoms with Crippen molar-refractivity contribution < 1.29 is 14.3 Å². The zero-order valence-electron chi connectivity index (χ0n) is 15.8. The Kier molecular flexibility index (Phi) is 5.53. The molecule has 0 aliphatic heterocycles. The van der Waals surface area contributed by atoms with Gasteiger partial charge >= 0.3 is 0 Å². The van der Waals surface area contributed by atoms with Gasteiger partial charge in [0.2, 0.25) is 5.91 Å². The van der Waals surface area contributed by atoms with E-state index in [1.54, 1.807) is 43.8 Å². The first-order valence-electron chi connectivity index (χ1n) is 9.25. The van der Waals surface area contributed by atoms with Crippen LogP contribution >= 0.6 is 11.3 Å². The fraction of sp³-hybridized carbons (Fsp3) is 0.238. The van der Waals surface area contributed by atoms with Gasteiger partial charge in [-0.05, 0) is 48.7 Å². The Morgan fingerprint density at radius 2 is 2.07 bits per heavy atom. The molecule has 1 atom stereocenters. The SMILES string of the molecule is COc1ccc(C(=O)Nc2nc3c(s2)CCC3C(=O)NCc2cccnc2)cc1. The Labute approximate surface area is 172 Å². The molecule has 148 valence electrons. The average molecular weight is 408 g/mol. The normalized spacial score (nSPS) is 14.9. The molecule has 2 N–H and O–H groups in total. The van der Waals surface area contributed by atoms with E-state index in [9.17, 15) is 9.59 Å². The molecule has 2 heterocycles. The van der Waals surface area contributed by atoms with E-state index in [4.69, 9.17) is 4.74 Å². The van der Waals surface area contributed by atoms with Crippen molar-refractivity contribution in [3.8, 4) is 5.75 Å². The molecule has 3 aromatic rings. The van der Waals surface area contributed by atoms with Gasteiger partial charge in [-0.3, -0.25) is 19.9 Å². The summed E-state index contributed by atoms with van der Waals surface area (Å²) in [4.78, 5) is 34.7. The zero-order chi connectivity index (χ0) is 20.2. The topological polar surface area (TPSA) is 93.2 Å². The zero-order valence-corrected chi connectivity index (χ0v) is 16.7. The van der Waals surface area contributed by atoms with Crippen molar-refractivity contribution in [2.24, 2.45) is 0 Å². The molecule has 0 radical (unpaired) electrons. The average Bonchev–Trinajstić information content (AvgIpc) is 3.33. The van der Waals surface area contributed by atoms with E-state index < -0.39 is 0 Å². The molecule has 29 heavy (non-hydrogen) atoms. The minimum absolute atomic E-state index is 0.0501. The third-order valence-corrected chi connectivity index (χ3v) is 5.84. The molecular formula is C21H20N4O3S. The highest BCUT2D eigenvalue weighted by Gasteiger charge is 2.32. The Morgan fingerprint density at radius 3 is 2.79 bits per heavy atom. The monoisotopic (exact) mass is 408 g/mol. The van der Waals surface area contributed by atoms with Crippen molar-refractivity contribution in [3.63, 3.8) is 0 Å². The number of rotatable bonds is 6. The van der Waals surface area contributed by atoms with Crippen LogP contribution in [0.2, 0.25) is 0 Å². The molecule has 0 fully saturated rings. The van der Waals surface area contributed by atoms with Crippen LogP contribution in [0.3, 0.4) is 0 Å². The van der Waals surface area contributed by atoms with Crippen molar-refractivity contribution >= 4 is 28.3 Å². The number of carbonyl (C=O) groups is 2. The molecule has 8 heteroatoms. The van der Waals surface area contributed by atoms with Gasteiger partial charge in [-0.2, -0.15) is 0 Å². The highest BCUT2D eigenvalue weighted by atomic mass is 32.1. The van der Waals surface area contributed by atoms with Gasteiger partial charge in [-0.25, -0.2) is 4.98 Å². The van der Waals surface area contributed by atoms with Crippen molar-refractivity contribution in [1.82, 2.24) is 15.3 Å². The number of hydrogen-bond donors (Lipinski definition) is 2. The smallest absolute Gasteiger partial charge is 0.257 e. The third kappa shape index (κ3) is 4.27. The van der Waals surface area contributed by atoms with Crippen LogP contribution in [-0.4, -0.2) is 28.9 Å². The lowest BCUT2D eigenvalue weighted by atomic mass is 10.1. The Hall–Kier alpha value is -3.26. The molecule has 2 aromatic heterocycles. The van der Waals surface area contributed by atoms with Crippen LogP contribution in [0.4, 0.5) is 5.13 Å². The number of nitrogens with one attached hydrogen (secondary N) is 2. The van der Waals surface area contributed by atoms with Gasteiger partial charge in [-0.1, -0.05) is 6.07 Å². The van der Waals surface area contributed by atoms with E-state index in [1.807, 2.05) is 12.1 Å². The predicted octanol–water partition coefficient (Wildman–Crippen LogP) is 3.15. The highest BCUT2D eigenvalue weighted by Crippen LogP contribution is 2.38. The number of benzene rings is 1. The van der Waals surface area contributed by atoms with Crippen LogP contribution in [0.1, 0.15) is 38.8 Å². The fourth-order valence-corrected chi connectivity index (χ4v) is 4.30. The maximum Gasteiger partial charge on any atom is 0.257 e. The minimum atomic E-state index is -0.287. The summed E-state index contributed by atoms with van der Waals surface area (Å²) in [6, 6.07) is 10.6. The number of thiazole rings is 1. The summed E-state index contributed by atoms with van der Waals surface area (Å²) in [5, 5.41) is 6.30. The molecule has 2 amide bonds. The molecule has 7 nitrogen and oxygen atoms in total. The van der Waals surface area contributed by atoms with Crippen molar-refractivity contribution in [1.29, 1.82) is 0 Å². The first kappa shape index (κ1) is 19.1. The fourth-order valence-electron chi connectivity index (χ4n) is 3.26. The number of fused-ring (bicyclic) bond motifs is 1. The molecule has 0 bridgehead atoms. The van der Waals surface area contributed by atoms with Gasteiger partial charge in [0.1, 0.15) is 5.75 Å². The van der Waals surface area contributed by atoms with E-state index in [0.717, 1.165) is 29.0 Å². The number of nitrogens with zero attached hydrogens (tertiary/aromatic N) is 2. The summed E-state index contributed by atoms with van der Waals surface area (Å²) in [7, 11) is 1.58. The summed E-state index contributed by atoms with van der Waals surface area (Å²) in [6.45, 7) is 0.434. The van der Waals surface area contributed by atoms with Gasteiger partial charge in [-0.15, -0.1) is 11.3 Å². The number of methoxy groups -OCH3 is 1. The summed E-state index contributed by atoms with van der Waals surface area (Å²) in [6.07, 6.45) is 4.96. The molecule has 0 saturated carbocycles. The van der Waals surface area contributed by atoms with Gasteiger partial charge in [0.05, 0.1) is 18.7 Å². The Morgan fingerprint density at radius 1 is 1.24 bits per heavy atom. The molecule has 1 aliphatic carbocycles. The minimum Gasteiger partial charge on any atom is -0.497 e. The van der Waals surface area contributed by atoms with E-state index >= 15 is 0 Å². The van der Waals surface area contributed by atoms with E-state index in [-0.39, 0.29) is 17.7 Å². The Bertz CT molecular complexity index is 1020. The molecule has 1 aliphatic rings. The van der Waals surface area contributed by atoms with Crippen LogP contribution < -0.4 is 15.4 Å². The maximum atomic E-state index is 12.6. The molecule has 0 spiro atoms. The number of aromatic nitrogens is 2. The van der Waals surface area contributed by atoms with Gasteiger partial charge < -0.3 is 10.1 Å². The first-order chi connectivity index (χ1) is 14.1. The quantitative estimate of drug-likeness (QED) is 0.654. The second-order valence-electron chi connectivity index (χ2n) is 6.68. The van der Waals surface area contributed by atoms with E-state index in [0.29, 0.717) is 23.0 Å². The van der Waals surface area contributed by atoms with Crippen molar-refractivity contribution in [2.45, 2.75) is 25.3 Å². The number of amides is 2. The standard InChI is InChI=1S/C21H20N4O3S/c1-28-15-6-4-14(5-7-15)19(26)25-21-24-18-16(8-9-17(18)29-21)20(27)23-12-13-3-2-10-22-11-13/h2-7,10-11,16H,8-9,12H2,1H3,(H,23,27)(H,24,25,26). The number of ether oxygens (including phenoxy) is 1. The number of anilines is 1. The number of pyridine rings is 1. The lowest BCUT2D eigenvalue weighted by Gasteiger charge is -2.10. The predicted molar refractivity (Wildman–Crippen MR) is 110 cm³/mol. The second kappa shape index (κ2) is 8.40. The van der Waals surface area contributed by atoms with Gasteiger partial charge in [0, 0.05) is 29.4 Å². The number of aryl methyl sites for hydroxylation is 1. The van der Waals surface area contributed by atoms with Crippen LogP contribution in [0, 0.1) is 0 Å². The molecule has 1 aromatic carbocycles. The summed E-state index contributed by atoms with van der Waals surface area (Å²) in [5.74, 6) is 0.114. The van der Waals surface area contributed by atoms with Crippen molar-refractivity contribution in [2.75, 3.05) is 12.4 Å². The first-order valence-corrected chi connectivity index (χ1v) is 10.1. The van der Waals surface area contributed by atoms with Crippen LogP contribution in [0.15, 0.2) is 48.8 Å². The number of carbonyl (C=O) groups excluding carboxylic acids is 2. The van der Waals surface area contributed by atoms with E-state index in [2.05, 4.69) is 20.6 Å². The van der Waals surface area contributed by atoms with Crippen LogP contribution in [0.25, 0.3) is 0 Å². The molecule has 0 saturated heterocycles. The highest BCUT2D eigenvalue weighted by molar-refractivity contribution is 7.16. The third-order valence-electron chi connectivity index (χ3n) is 4.80. The summed E-state index contributed by atoms with van der Waals surface area (Å²) >= 11 is 1.43. The number of hydrogen-bond acceptors (Lipinski definition) is 6. The molecule has 4 rings (SSSR count). The van der Waals surface area contributed by atoms with Crippen LogP contribution in [0.5, 0.6) is 5.75 Å². The van der Waals surface area contributed by atoms with Gasteiger partial charge in [0.25, 0.3) is 5.91 Å². The maximum absolute atomic E-state index is 12.6. The second-order valence-corrected chi connectivity index (χ2v) is 7.76. The molecular weight excluding hydrogens is 388 g/mol. The lowest BCUT2D eigenvalue weighted by Crippen LogP contribution is -2.28. The van der Waals surface area contributed by atoms with E-state index in [1.165, 1.54) is 11.3 Å². The summed E-state index contributed by atoms with van der Waals surface area (Å²) in [5.41, 5.74) is 2.24. The Balaban J connectivity index is 1.40. The lowest BCUT2D eigenvalue weighted by molar-refractivity contribution is -0.122. The van der Waals surface area contributed by atoms with Crippen molar-refractivity contribution in [3.05, 3.63) is 70.5 Å². The molecule has 1 unspecified atom stereocenters. The largest absolute Gasteiger partial charge is 0.497 e. The van der Waals surface area contributed by atoms with Crippen LogP contribution in [-0.2, 0) is 17.8 Å².